The molecule has 94 valence electrons. The van der Waals surface area contributed by atoms with Crippen LogP contribution in [0.1, 0.15) is 12.0 Å². The van der Waals surface area contributed by atoms with Crippen molar-refractivity contribution in [3.63, 3.8) is 0 Å². The van der Waals surface area contributed by atoms with Crippen LogP contribution in [0.25, 0.3) is 0 Å². The molecule has 0 bridgehead atoms. The van der Waals surface area contributed by atoms with E-state index >= 15 is 0 Å². The Morgan fingerprint density at radius 3 is 2.94 bits per heavy atom. The van der Waals surface area contributed by atoms with Gasteiger partial charge in [-0.1, -0.05) is 11.6 Å². The van der Waals surface area contributed by atoms with E-state index in [0.717, 1.165) is 6.42 Å². The lowest BCUT2D eigenvalue weighted by Crippen LogP contribution is -2.12. The fraction of sp³-hybridized carbons (Fsp3) is 0.500. The number of hydrogen-bond donors (Lipinski definition) is 1. The highest BCUT2D eigenvalue weighted by molar-refractivity contribution is 6.31. The molecule has 1 N–H and O–H groups in total. The molecule has 0 radical (unpaired) electrons. The van der Waals surface area contributed by atoms with Crippen LogP contribution in [0, 0.1) is 5.82 Å². The third-order valence-corrected chi connectivity index (χ3v) is 2.92. The molecule has 1 aromatic rings. The minimum absolute atomic E-state index is 0.0837. The summed E-state index contributed by atoms with van der Waals surface area (Å²) in [6.45, 7) is 1.77. The summed E-state index contributed by atoms with van der Waals surface area (Å²) >= 11 is 5.85. The summed E-state index contributed by atoms with van der Waals surface area (Å²) in [5.74, 6) is 0.630. The maximum absolute atomic E-state index is 14.0. The normalized spacial score (nSPS) is 14.5. The van der Waals surface area contributed by atoms with Gasteiger partial charge in [0.15, 0.2) is 11.5 Å². The van der Waals surface area contributed by atoms with Gasteiger partial charge in [0, 0.05) is 18.1 Å². The Balaban J connectivity index is 2.42. The Morgan fingerprint density at radius 1 is 1.41 bits per heavy atom. The fourth-order valence-corrected chi connectivity index (χ4v) is 2.00. The summed E-state index contributed by atoms with van der Waals surface area (Å²) in [4.78, 5) is 0. The van der Waals surface area contributed by atoms with E-state index in [2.05, 4.69) is 5.32 Å². The lowest BCUT2D eigenvalue weighted by Gasteiger charge is -2.14. The quantitative estimate of drug-likeness (QED) is 0.904. The number of nitrogens with one attached hydrogen (secondary N) is 1. The molecule has 17 heavy (non-hydrogen) atoms. The predicted molar refractivity (Wildman–Crippen MR) is 64.6 cm³/mol. The predicted octanol–water partition coefficient (Wildman–Crippen LogP) is 2.40. The number of ether oxygens (including phenoxy) is 2. The van der Waals surface area contributed by atoms with Crippen LogP contribution in [-0.4, -0.2) is 26.8 Å². The molecule has 0 spiro atoms. The van der Waals surface area contributed by atoms with Crippen molar-refractivity contribution < 1.29 is 13.9 Å². The molecule has 2 rings (SSSR count). The second-order valence-corrected chi connectivity index (χ2v) is 4.29. The van der Waals surface area contributed by atoms with Gasteiger partial charge in [-0.05, 0) is 20.0 Å². The number of benzene rings is 1. The molecule has 0 unspecified atom stereocenters. The molecular formula is C12H15ClFNO2. The molecule has 5 heteroatoms. The minimum Gasteiger partial charge on any atom is -0.489 e. The summed E-state index contributed by atoms with van der Waals surface area (Å²) in [6, 6.07) is 1.49. The zero-order valence-electron chi connectivity index (χ0n) is 9.69. The van der Waals surface area contributed by atoms with Crippen molar-refractivity contribution in [2.45, 2.75) is 12.8 Å². The Hall–Kier alpha value is -1.00. The van der Waals surface area contributed by atoms with E-state index in [0.29, 0.717) is 43.2 Å². The van der Waals surface area contributed by atoms with Gasteiger partial charge in [-0.25, -0.2) is 4.39 Å². The highest BCUT2D eigenvalue weighted by Crippen LogP contribution is 2.38. The zero-order valence-corrected chi connectivity index (χ0v) is 10.4. The van der Waals surface area contributed by atoms with E-state index in [1.165, 1.54) is 6.07 Å². The van der Waals surface area contributed by atoms with Gasteiger partial charge in [0.1, 0.15) is 5.82 Å². The molecule has 0 aliphatic carbocycles. The molecular weight excluding hydrogens is 245 g/mol. The standard InChI is InChI=1S/C12H15ClFNO2/c1-15-4-3-8-11(14)9(13)7-10-12(8)17-6-2-5-16-10/h7,15H,2-6H2,1H3. The summed E-state index contributed by atoms with van der Waals surface area (Å²) in [5, 5.41) is 3.06. The van der Waals surface area contributed by atoms with Gasteiger partial charge in [0.05, 0.1) is 18.2 Å². The zero-order chi connectivity index (χ0) is 12.3. The molecule has 0 atom stereocenters. The monoisotopic (exact) mass is 259 g/mol. The van der Waals surface area contributed by atoms with Gasteiger partial charge in [-0.2, -0.15) is 0 Å². The summed E-state index contributed by atoms with van der Waals surface area (Å²) in [5.41, 5.74) is 0.490. The average Bonchev–Trinajstić information content (AvgIpc) is 2.55. The first-order valence-electron chi connectivity index (χ1n) is 5.65. The van der Waals surface area contributed by atoms with Gasteiger partial charge in [0.25, 0.3) is 0 Å². The minimum atomic E-state index is -0.411. The van der Waals surface area contributed by atoms with Crippen molar-refractivity contribution in [3.05, 3.63) is 22.5 Å². The summed E-state index contributed by atoms with van der Waals surface area (Å²) in [6.07, 6.45) is 1.31. The van der Waals surface area contributed by atoms with Gasteiger partial charge < -0.3 is 14.8 Å². The largest absolute Gasteiger partial charge is 0.489 e. The van der Waals surface area contributed by atoms with Crippen molar-refractivity contribution >= 4 is 11.6 Å². The SMILES string of the molecule is CNCCc1c(F)c(Cl)cc2c1OCCCO2. The van der Waals surface area contributed by atoms with Gasteiger partial charge in [-0.15, -0.1) is 0 Å². The second kappa shape index (κ2) is 5.56. The van der Waals surface area contributed by atoms with Crippen LogP contribution in [0.5, 0.6) is 11.5 Å². The molecule has 1 aromatic carbocycles. The van der Waals surface area contributed by atoms with Gasteiger partial charge in [0.2, 0.25) is 0 Å². The molecule has 0 amide bonds. The van der Waals surface area contributed by atoms with E-state index in [4.69, 9.17) is 21.1 Å². The van der Waals surface area contributed by atoms with Crippen molar-refractivity contribution in [2.75, 3.05) is 26.8 Å². The van der Waals surface area contributed by atoms with E-state index in [-0.39, 0.29) is 5.02 Å². The highest BCUT2D eigenvalue weighted by Gasteiger charge is 2.21. The second-order valence-electron chi connectivity index (χ2n) is 3.88. The van der Waals surface area contributed by atoms with Crippen LogP contribution in [-0.2, 0) is 6.42 Å². The smallest absolute Gasteiger partial charge is 0.167 e. The van der Waals surface area contributed by atoms with Crippen molar-refractivity contribution in [3.8, 4) is 11.5 Å². The van der Waals surface area contributed by atoms with Crippen LogP contribution >= 0.6 is 11.6 Å². The van der Waals surface area contributed by atoms with E-state index < -0.39 is 5.82 Å². The first kappa shape index (κ1) is 12.5. The number of halogens is 2. The lowest BCUT2D eigenvalue weighted by molar-refractivity contribution is 0.295. The molecule has 3 nitrogen and oxygen atoms in total. The number of likely N-dealkylation sites (N-methyl/N-ethyl adjacent to an activating group) is 1. The van der Waals surface area contributed by atoms with Crippen LogP contribution in [0.15, 0.2) is 6.07 Å². The Bertz CT molecular complexity index is 412. The van der Waals surface area contributed by atoms with Crippen LogP contribution < -0.4 is 14.8 Å². The number of fused-ring (bicyclic) bond motifs is 1. The molecule has 0 saturated heterocycles. The average molecular weight is 260 g/mol. The first-order chi connectivity index (χ1) is 8.24. The molecule has 0 fully saturated rings. The highest BCUT2D eigenvalue weighted by atomic mass is 35.5. The van der Waals surface area contributed by atoms with Crippen molar-refractivity contribution in [1.29, 1.82) is 0 Å². The molecule has 1 aliphatic heterocycles. The van der Waals surface area contributed by atoms with E-state index in [1.54, 1.807) is 0 Å². The lowest BCUT2D eigenvalue weighted by atomic mass is 10.1. The summed E-state index contributed by atoms with van der Waals surface area (Å²) < 4.78 is 25.0. The van der Waals surface area contributed by atoms with Crippen molar-refractivity contribution in [2.24, 2.45) is 0 Å². The number of rotatable bonds is 3. The maximum atomic E-state index is 14.0. The Labute approximate surface area is 105 Å². The van der Waals surface area contributed by atoms with Crippen LogP contribution in [0.3, 0.4) is 0 Å². The third kappa shape index (κ3) is 2.64. The maximum Gasteiger partial charge on any atom is 0.167 e. The van der Waals surface area contributed by atoms with Crippen LogP contribution in [0.4, 0.5) is 4.39 Å². The topological polar surface area (TPSA) is 30.5 Å². The molecule has 0 saturated carbocycles. The molecule has 1 aliphatic rings. The Kier molecular flexibility index (Phi) is 4.07. The molecule has 1 heterocycles. The van der Waals surface area contributed by atoms with E-state index in [9.17, 15) is 4.39 Å². The first-order valence-corrected chi connectivity index (χ1v) is 6.03. The van der Waals surface area contributed by atoms with Gasteiger partial charge >= 0.3 is 0 Å². The third-order valence-electron chi connectivity index (χ3n) is 2.65. The number of hydrogen-bond acceptors (Lipinski definition) is 3. The fourth-order valence-electron chi connectivity index (χ4n) is 1.79. The van der Waals surface area contributed by atoms with E-state index in [1.807, 2.05) is 7.05 Å². The van der Waals surface area contributed by atoms with Crippen molar-refractivity contribution in [1.82, 2.24) is 5.32 Å². The Morgan fingerprint density at radius 2 is 2.18 bits per heavy atom. The summed E-state index contributed by atoms with van der Waals surface area (Å²) in [7, 11) is 1.82. The van der Waals surface area contributed by atoms with Crippen LogP contribution in [0.2, 0.25) is 5.02 Å². The molecule has 0 aromatic heterocycles. The van der Waals surface area contributed by atoms with Gasteiger partial charge in [-0.3, -0.25) is 0 Å².